The third-order valence-corrected chi connectivity index (χ3v) is 5.91. The van der Waals surface area contributed by atoms with E-state index in [2.05, 4.69) is 21.1 Å². The molecule has 4 heteroatoms. The highest BCUT2D eigenvalue weighted by Crippen LogP contribution is 2.39. The summed E-state index contributed by atoms with van der Waals surface area (Å²) in [6.45, 7) is 1.30. The first-order chi connectivity index (χ1) is 13.8. The van der Waals surface area contributed by atoms with Crippen LogP contribution in [0.3, 0.4) is 0 Å². The predicted molar refractivity (Wildman–Crippen MR) is 115 cm³/mol. The van der Waals surface area contributed by atoms with Crippen molar-refractivity contribution in [1.82, 2.24) is 0 Å². The molecule has 0 spiro atoms. The molecule has 156 valence electrons. The Kier molecular flexibility index (Phi) is 6.45. The molecule has 1 N–H and O–H groups in total. The van der Waals surface area contributed by atoms with Crippen LogP contribution in [0.4, 0.5) is 0 Å². The number of quaternary nitrogens is 1. The van der Waals surface area contributed by atoms with Crippen LogP contribution in [0.5, 0.6) is 0 Å². The quantitative estimate of drug-likeness (QED) is 0.566. The van der Waals surface area contributed by atoms with Crippen molar-refractivity contribution < 1.29 is 19.1 Å². The van der Waals surface area contributed by atoms with Gasteiger partial charge in [-0.05, 0) is 24.0 Å². The van der Waals surface area contributed by atoms with Gasteiger partial charge in [-0.25, -0.2) is 4.79 Å². The molecule has 1 aliphatic carbocycles. The summed E-state index contributed by atoms with van der Waals surface area (Å²) in [5.41, 5.74) is -0.781. The van der Waals surface area contributed by atoms with Gasteiger partial charge in [-0.2, -0.15) is 0 Å². The molecule has 0 heterocycles. The minimum absolute atomic E-state index is 0.0273. The van der Waals surface area contributed by atoms with Gasteiger partial charge in [0.05, 0.1) is 33.1 Å². The largest absolute Gasteiger partial charge is 0.462 e. The van der Waals surface area contributed by atoms with E-state index < -0.39 is 11.6 Å². The Morgan fingerprint density at radius 1 is 0.931 bits per heavy atom. The molecule has 0 radical (unpaired) electrons. The van der Waals surface area contributed by atoms with Crippen LogP contribution in [-0.4, -0.2) is 49.9 Å². The van der Waals surface area contributed by atoms with Gasteiger partial charge in [0.15, 0.2) is 0 Å². The summed E-state index contributed by atoms with van der Waals surface area (Å²) < 4.78 is 6.74. The van der Waals surface area contributed by atoms with E-state index >= 15 is 0 Å². The van der Waals surface area contributed by atoms with Crippen LogP contribution in [0, 0.1) is 5.41 Å². The van der Waals surface area contributed by atoms with Gasteiger partial charge in [-0.3, -0.25) is 0 Å². The molecular formula is C25H34NO3+. The summed E-state index contributed by atoms with van der Waals surface area (Å²) in [4.78, 5) is 13.3. The number of rotatable bonds is 7. The maximum atomic E-state index is 13.3. The maximum absolute atomic E-state index is 13.3. The zero-order valence-corrected chi connectivity index (χ0v) is 17.9. The predicted octanol–water partition coefficient (Wildman–Crippen LogP) is 4.12. The number of carbonyl (C=O) groups excluding carboxylic acids is 1. The van der Waals surface area contributed by atoms with E-state index in [0.717, 1.165) is 23.9 Å². The third kappa shape index (κ3) is 5.06. The monoisotopic (exact) mass is 396 g/mol. The second-order valence-electron chi connectivity index (χ2n) is 9.53. The Bertz CT molecular complexity index is 750. The minimum Gasteiger partial charge on any atom is -0.462 e. The van der Waals surface area contributed by atoms with Crippen LogP contribution in [0.1, 0.15) is 43.2 Å². The summed E-state index contributed by atoms with van der Waals surface area (Å²) in [7, 11) is 6.55. The number of hydrogen-bond donors (Lipinski definition) is 1. The molecule has 0 aromatic heterocycles. The fraction of sp³-hybridized carbons (Fsp3) is 0.480. The second-order valence-corrected chi connectivity index (χ2v) is 9.53. The van der Waals surface area contributed by atoms with Crippen molar-refractivity contribution in [2.24, 2.45) is 5.41 Å². The molecule has 3 rings (SSSR count). The summed E-state index contributed by atoms with van der Waals surface area (Å²) in [6, 6.07) is 18.2. The minimum atomic E-state index is -1.81. The van der Waals surface area contributed by atoms with Gasteiger partial charge in [-0.15, -0.1) is 0 Å². The Balaban J connectivity index is 1.87. The highest BCUT2D eigenvalue weighted by atomic mass is 16.6. The molecule has 0 bridgehead atoms. The summed E-state index contributed by atoms with van der Waals surface area (Å²) in [5.74, 6) is -0.596. The molecule has 0 unspecified atom stereocenters. The molecule has 2 aromatic rings. The molecule has 1 fully saturated rings. The lowest BCUT2D eigenvalue weighted by Crippen LogP contribution is -2.49. The smallest absolute Gasteiger partial charge is 0.347 e. The molecule has 0 atom stereocenters. The molecular weight excluding hydrogens is 362 g/mol. The van der Waals surface area contributed by atoms with Crippen molar-refractivity contribution in [2.75, 3.05) is 34.3 Å². The lowest BCUT2D eigenvalue weighted by atomic mass is 9.74. The van der Waals surface area contributed by atoms with Gasteiger partial charge in [-0.1, -0.05) is 79.9 Å². The van der Waals surface area contributed by atoms with Crippen LogP contribution in [0.15, 0.2) is 60.7 Å². The van der Waals surface area contributed by atoms with E-state index in [1.807, 2.05) is 36.4 Å². The zero-order valence-electron chi connectivity index (χ0n) is 17.9. The summed E-state index contributed by atoms with van der Waals surface area (Å²) >= 11 is 0. The van der Waals surface area contributed by atoms with Gasteiger partial charge in [0, 0.05) is 0 Å². The third-order valence-electron chi connectivity index (χ3n) is 5.91. The van der Waals surface area contributed by atoms with E-state index in [1.54, 1.807) is 24.3 Å². The normalized spacial score (nSPS) is 17.0. The summed E-state index contributed by atoms with van der Waals surface area (Å²) in [5, 5.41) is 11.6. The standard InChI is InChI=1S/C25H34NO3/c1-26(2,3)19-24(17-11-6-12-18-24)20-29-23(27)25(28,21-13-7-4-8-14-21)22-15-9-5-10-16-22/h4-5,7-10,13-16,28H,6,11-12,17-20H2,1-3H3/q+1. The first-order valence-electron chi connectivity index (χ1n) is 10.6. The molecule has 29 heavy (non-hydrogen) atoms. The van der Waals surface area contributed by atoms with Crippen LogP contribution < -0.4 is 0 Å². The first kappa shape index (κ1) is 21.5. The molecule has 0 saturated heterocycles. The summed E-state index contributed by atoms with van der Waals surface area (Å²) in [6.07, 6.45) is 5.69. The van der Waals surface area contributed by atoms with E-state index in [9.17, 15) is 9.90 Å². The Morgan fingerprint density at radius 3 is 1.86 bits per heavy atom. The van der Waals surface area contributed by atoms with E-state index in [1.165, 1.54) is 19.3 Å². The highest BCUT2D eigenvalue weighted by Gasteiger charge is 2.44. The average Bonchev–Trinajstić information content (AvgIpc) is 2.72. The van der Waals surface area contributed by atoms with Crippen LogP contribution in [0.2, 0.25) is 0 Å². The number of aliphatic hydroxyl groups is 1. The second kappa shape index (κ2) is 8.68. The van der Waals surface area contributed by atoms with E-state index in [4.69, 9.17) is 4.74 Å². The topological polar surface area (TPSA) is 46.5 Å². The number of carbonyl (C=O) groups is 1. The van der Waals surface area contributed by atoms with E-state index in [0.29, 0.717) is 17.7 Å². The van der Waals surface area contributed by atoms with E-state index in [-0.39, 0.29) is 5.41 Å². The van der Waals surface area contributed by atoms with Gasteiger partial charge in [0.25, 0.3) is 0 Å². The van der Waals surface area contributed by atoms with Crippen LogP contribution in [-0.2, 0) is 15.1 Å². The first-order valence-corrected chi connectivity index (χ1v) is 10.6. The van der Waals surface area contributed by atoms with Gasteiger partial charge in [0.1, 0.15) is 6.61 Å². The number of benzene rings is 2. The van der Waals surface area contributed by atoms with Crippen molar-refractivity contribution in [3.63, 3.8) is 0 Å². The lowest BCUT2D eigenvalue weighted by Gasteiger charge is -2.41. The Hall–Kier alpha value is -2.17. The van der Waals surface area contributed by atoms with Crippen molar-refractivity contribution in [3.8, 4) is 0 Å². The van der Waals surface area contributed by atoms with Gasteiger partial charge in [0.2, 0.25) is 5.60 Å². The number of nitrogens with zero attached hydrogens (tertiary/aromatic N) is 1. The SMILES string of the molecule is C[N+](C)(C)CC1(COC(=O)C(O)(c2ccccc2)c2ccccc2)CCCCC1. The number of ether oxygens (including phenoxy) is 1. The number of hydrogen-bond acceptors (Lipinski definition) is 3. The Labute approximate surface area is 174 Å². The van der Waals surface area contributed by atoms with Crippen LogP contribution in [0.25, 0.3) is 0 Å². The highest BCUT2D eigenvalue weighted by molar-refractivity contribution is 5.85. The fourth-order valence-corrected chi connectivity index (χ4v) is 4.74. The van der Waals surface area contributed by atoms with Gasteiger partial charge >= 0.3 is 5.97 Å². The molecule has 1 aliphatic rings. The molecule has 0 amide bonds. The van der Waals surface area contributed by atoms with Crippen molar-refractivity contribution in [1.29, 1.82) is 0 Å². The number of esters is 1. The lowest BCUT2D eigenvalue weighted by molar-refractivity contribution is -0.877. The van der Waals surface area contributed by atoms with Crippen molar-refractivity contribution in [2.45, 2.75) is 37.7 Å². The van der Waals surface area contributed by atoms with Crippen LogP contribution >= 0.6 is 0 Å². The Morgan fingerprint density at radius 2 is 1.41 bits per heavy atom. The van der Waals surface area contributed by atoms with Crippen molar-refractivity contribution >= 4 is 5.97 Å². The molecule has 0 aliphatic heterocycles. The molecule has 1 saturated carbocycles. The van der Waals surface area contributed by atoms with Gasteiger partial charge < -0.3 is 14.3 Å². The molecule has 4 nitrogen and oxygen atoms in total. The fourth-order valence-electron chi connectivity index (χ4n) is 4.74. The molecule has 2 aromatic carbocycles. The van der Waals surface area contributed by atoms with Crippen molar-refractivity contribution in [3.05, 3.63) is 71.8 Å². The zero-order chi connectivity index (χ0) is 21.0. The average molecular weight is 397 g/mol. The maximum Gasteiger partial charge on any atom is 0.347 e.